The summed E-state index contributed by atoms with van der Waals surface area (Å²) in [6, 6.07) is 6.52. The van der Waals surface area contributed by atoms with Gasteiger partial charge in [0.25, 0.3) is 5.91 Å². The number of halogens is 1. The summed E-state index contributed by atoms with van der Waals surface area (Å²) in [5.74, 6) is -0.573. The van der Waals surface area contributed by atoms with E-state index in [2.05, 4.69) is 10.2 Å². The molecule has 2 fully saturated rings. The summed E-state index contributed by atoms with van der Waals surface area (Å²) in [6.07, 6.45) is 3.65. The fraction of sp³-hybridized carbons (Fsp3) is 0.619. The number of piperidine rings is 2. The van der Waals surface area contributed by atoms with Crippen molar-refractivity contribution in [2.24, 2.45) is 5.92 Å². The number of hydrogen-bond donors (Lipinski definition) is 1. The summed E-state index contributed by atoms with van der Waals surface area (Å²) in [5.41, 5.74) is 0.145. The molecule has 28 heavy (non-hydrogen) atoms. The van der Waals surface area contributed by atoms with Crippen LogP contribution in [0.2, 0.25) is 0 Å². The Bertz CT molecular complexity index is 677. The lowest BCUT2D eigenvalue weighted by molar-refractivity contribution is -0.127. The van der Waals surface area contributed by atoms with Crippen molar-refractivity contribution in [3.63, 3.8) is 0 Å². The molecular formula is C21H30FN3O3. The Morgan fingerprint density at radius 1 is 1.18 bits per heavy atom. The van der Waals surface area contributed by atoms with Gasteiger partial charge in [-0.05, 0) is 44.4 Å². The number of nitrogens with zero attached hydrogens (tertiary/aromatic N) is 2. The summed E-state index contributed by atoms with van der Waals surface area (Å²) in [7, 11) is 1.62. The molecule has 1 atom stereocenters. The molecule has 154 valence electrons. The number of hydrogen-bond acceptors (Lipinski definition) is 4. The minimum Gasteiger partial charge on any atom is -0.383 e. The van der Waals surface area contributed by atoms with Gasteiger partial charge in [-0.1, -0.05) is 12.1 Å². The van der Waals surface area contributed by atoms with Crippen LogP contribution in [-0.4, -0.2) is 74.1 Å². The number of amides is 2. The number of benzene rings is 1. The normalized spacial score (nSPS) is 21.5. The third-order valence-electron chi connectivity index (χ3n) is 5.80. The molecular weight excluding hydrogens is 361 g/mol. The Balaban J connectivity index is 1.49. The molecule has 7 heteroatoms. The number of carbonyl (C=O) groups is 2. The molecule has 2 aliphatic rings. The van der Waals surface area contributed by atoms with E-state index in [0.29, 0.717) is 32.3 Å². The van der Waals surface area contributed by atoms with Crippen LogP contribution in [0, 0.1) is 11.7 Å². The number of ether oxygens (including phenoxy) is 1. The fourth-order valence-corrected chi connectivity index (χ4v) is 4.21. The van der Waals surface area contributed by atoms with E-state index in [1.807, 2.05) is 0 Å². The van der Waals surface area contributed by atoms with Crippen LogP contribution in [0.3, 0.4) is 0 Å². The van der Waals surface area contributed by atoms with E-state index < -0.39 is 5.82 Å². The van der Waals surface area contributed by atoms with Gasteiger partial charge >= 0.3 is 0 Å². The molecule has 0 radical (unpaired) electrons. The lowest BCUT2D eigenvalue weighted by atomic mass is 9.93. The zero-order chi connectivity index (χ0) is 19.9. The van der Waals surface area contributed by atoms with Crippen molar-refractivity contribution in [3.8, 4) is 0 Å². The summed E-state index contributed by atoms with van der Waals surface area (Å²) < 4.78 is 18.9. The molecule has 1 aromatic rings. The van der Waals surface area contributed by atoms with Crippen molar-refractivity contribution in [1.82, 2.24) is 15.1 Å². The first kappa shape index (κ1) is 20.7. The van der Waals surface area contributed by atoms with Gasteiger partial charge in [0.1, 0.15) is 5.82 Å². The molecule has 2 amide bonds. The SMILES string of the molecule is COCCNC(=O)C1CCCN(C2CCN(C(=O)c3ccccc3F)CC2)C1. The van der Waals surface area contributed by atoms with Crippen molar-refractivity contribution >= 4 is 11.8 Å². The number of likely N-dealkylation sites (tertiary alicyclic amines) is 2. The largest absolute Gasteiger partial charge is 0.383 e. The molecule has 0 saturated carbocycles. The van der Waals surface area contributed by atoms with Crippen molar-refractivity contribution in [2.45, 2.75) is 31.7 Å². The second-order valence-corrected chi connectivity index (χ2v) is 7.62. The lowest BCUT2D eigenvalue weighted by Gasteiger charge is -2.42. The molecule has 1 N–H and O–H groups in total. The fourth-order valence-electron chi connectivity index (χ4n) is 4.21. The summed E-state index contributed by atoms with van der Waals surface area (Å²) >= 11 is 0. The number of carbonyl (C=O) groups excluding carboxylic acids is 2. The number of nitrogens with one attached hydrogen (secondary N) is 1. The minimum absolute atomic E-state index is 0.0173. The molecule has 0 aromatic heterocycles. The zero-order valence-electron chi connectivity index (χ0n) is 16.5. The standard InChI is InChI=1S/C21H30FN3O3/c1-28-14-10-23-20(26)16-5-4-11-25(15-16)17-8-12-24(13-9-17)21(27)18-6-2-3-7-19(18)22/h2-3,6-7,16-17H,4-5,8-15H2,1H3,(H,23,26). The monoisotopic (exact) mass is 391 g/mol. The van der Waals surface area contributed by atoms with Gasteiger partial charge in [0.2, 0.25) is 5.91 Å². The van der Waals surface area contributed by atoms with Gasteiger partial charge in [0.05, 0.1) is 18.1 Å². The summed E-state index contributed by atoms with van der Waals surface area (Å²) in [6.45, 7) is 4.08. The Labute approximate surface area is 166 Å². The van der Waals surface area contributed by atoms with Crippen LogP contribution in [0.4, 0.5) is 4.39 Å². The van der Waals surface area contributed by atoms with Crippen LogP contribution in [0.5, 0.6) is 0 Å². The highest BCUT2D eigenvalue weighted by Gasteiger charge is 2.33. The highest BCUT2D eigenvalue weighted by Crippen LogP contribution is 2.25. The average molecular weight is 391 g/mol. The average Bonchev–Trinajstić information content (AvgIpc) is 2.74. The van der Waals surface area contributed by atoms with Gasteiger partial charge in [-0.25, -0.2) is 4.39 Å². The van der Waals surface area contributed by atoms with Crippen molar-refractivity contribution in [3.05, 3.63) is 35.6 Å². The van der Waals surface area contributed by atoms with Crippen LogP contribution >= 0.6 is 0 Å². The first-order chi connectivity index (χ1) is 13.6. The third-order valence-corrected chi connectivity index (χ3v) is 5.80. The van der Waals surface area contributed by atoms with Gasteiger partial charge in [-0.15, -0.1) is 0 Å². The molecule has 1 aromatic carbocycles. The lowest BCUT2D eigenvalue weighted by Crippen LogP contribution is -2.51. The van der Waals surface area contributed by atoms with E-state index >= 15 is 0 Å². The predicted molar refractivity (Wildman–Crippen MR) is 105 cm³/mol. The van der Waals surface area contributed by atoms with Gasteiger partial charge in [-0.3, -0.25) is 14.5 Å². The highest BCUT2D eigenvalue weighted by molar-refractivity contribution is 5.94. The van der Waals surface area contributed by atoms with E-state index in [1.165, 1.54) is 6.07 Å². The highest BCUT2D eigenvalue weighted by atomic mass is 19.1. The molecule has 2 heterocycles. The van der Waals surface area contributed by atoms with Gasteiger partial charge in [0.15, 0.2) is 0 Å². The van der Waals surface area contributed by atoms with Crippen LogP contribution < -0.4 is 5.32 Å². The molecule has 2 aliphatic heterocycles. The first-order valence-corrected chi connectivity index (χ1v) is 10.1. The van der Waals surface area contributed by atoms with Crippen molar-refractivity contribution < 1.29 is 18.7 Å². The Kier molecular flexibility index (Phi) is 7.39. The third kappa shape index (κ3) is 5.08. The smallest absolute Gasteiger partial charge is 0.256 e. The summed E-state index contributed by atoms with van der Waals surface area (Å²) in [5, 5.41) is 2.94. The maximum absolute atomic E-state index is 13.9. The van der Waals surface area contributed by atoms with E-state index in [0.717, 1.165) is 38.8 Å². The van der Waals surface area contributed by atoms with E-state index in [4.69, 9.17) is 4.74 Å². The van der Waals surface area contributed by atoms with Gasteiger partial charge in [0, 0.05) is 39.3 Å². The molecule has 6 nitrogen and oxygen atoms in total. The van der Waals surface area contributed by atoms with Crippen LogP contribution in [-0.2, 0) is 9.53 Å². The Hall–Kier alpha value is -1.99. The molecule has 0 bridgehead atoms. The predicted octanol–water partition coefficient (Wildman–Crippen LogP) is 1.90. The van der Waals surface area contributed by atoms with Crippen molar-refractivity contribution in [2.75, 3.05) is 46.4 Å². The molecule has 1 unspecified atom stereocenters. The number of methoxy groups -OCH3 is 1. The maximum Gasteiger partial charge on any atom is 0.256 e. The van der Waals surface area contributed by atoms with Crippen LogP contribution in [0.25, 0.3) is 0 Å². The molecule has 3 rings (SSSR count). The van der Waals surface area contributed by atoms with E-state index in [9.17, 15) is 14.0 Å². The van der Waals surface area contributed by atoms with Crippen LogP contribution in [0.1, 0.15) is 36.0 Å². The van der Waals surface area contributed by atoms with E-state index in [1.54, 1.807) is 30.2 Å². The minimum atomic E-state index is -0.465. The topological polar surface area (TPSA) is 61.9 Å². The zero-order valence-corrected chi connectivity index (χ0v) is 16.5. The molecule has 0 aliphatic carbocycles. The van der Waals surface area contributed by atoms with Gasteiger partial charge < -0.3 is 15.0 Å². The van der Waals surface area contributed by atoms with Gasteiger partial charge in [-0.2, -0.15) is 0 Å². The second-order valence-electron chi connectivity index (χ2n) is 7.62. The molecule has 0 spiro atoms. The quantitative estimate of drug-likeness (QED) is 0.753. The van der Waals surface area contributed by atoms with Crippen molar-refractivity contribution in [1.29, 1.82) is 0 Å². The molecule has 2 saturated heterocycles. The second kappa shape index (κ2) is 9.98. The Morgan fingerprint density at radius 3 is 2.64 bits per heavy atom. The summed E-state index contributed by atoms with van der Waals surface area (Å²) in [4.78, 5) is 29.1. The first-order valence-electron chi connectivity index (χ1n) is 10.1. The Morgan fingerprint density at radius 2 is 1.93 bits per heavy atom. The van der Waals surface area contributed by atoms with Crippen LogP contribution in [0.15, 0.2) is 24.3 Å². The number of rotatable bonds is 6. The maximum atomic E-state index is 13.9. The van der Waals surface area contributed by atoms with E-state index in [-0.39, 0.29) is 23.3 Å².